The monoisotopic (exact) mass is 314 g/mol. The van der Waals surface area contributed by atoms with Crippen molar-refractivity contribution in [1.82, 2.24) is 19.4 Å². The van der Waals surface area contributed by atoms with Crippen LogP contribution in [0, 0.1) is 6.92 Å². The fourth-order valence-electron chi connectivity index (χ4n) is 1.65. The van der Waals surface area contributed by atoms with Gasteiger partial charge in [0, 0.05) is 25.4 Å². The third-order valence-electron chi connectivity index (χ3n) is 2.56. The molecular weight excluding hydrogens is 300 g/mol. The number of hydrogen-bond donors (Lipinski definition) is 2. The Hall–Kier alpha value is -2.20. The first-order chi connectivity index (χ1) is 9.85. The Balaban J connectivity index is 1.85. The number of aryl methyl sites for hydroxylation is 1. The number of carbonyl (C=O) groups is 1. The van der Waals surface area contributed by atoms with Crippen molar-refractivity contribution in [2.75, 3.05) is 6.54 Å². The molecule has 114 valence electrons. The topological polar surface area (TPSA) is 127 Å². The molecule has 10 heteroatoms. The first-order valence-electron chi connectivity index (χ1n) is 6.00. The Labute approximate surface area is 120 Å². The summed E-state index contributed by atoms with van der Waals surface area (Å²) < 4.78 is 32.3. The van der Waals surface area contributed by atoms with Crippen LogP contribution in [0.2, 0.25) is 0 Å². The van der Waals surface area contributed by atoms with Crippen molar-refractivity contribution in [2.24, 2.45) is 0 Å². The highest BCUT2D eigenvalue weighted by molar-refractivity contribution is 7.88. The fourth-order valence-corrected chi connectivity index (χ4v) is 2.68. The lowest BCUT2D eigenvalue weighted by Crippen LogP contribution is -2.28. The predicted molar refractivity (Wildman–Crippen MR) is 71.1 cm³/mol. The van der Waals surface area contributed by atoms with Crippen LogP contribution in [0.5, 0.6) is 0 Å². The first-order valence-corrected chi connectivity index (χ1v) is 7.65. The number of aromatic nitrogens is 3. The SMILES string of the molecule is Cc1cc(CS(=O)(=O)NCCn2cnc(C(=O)O)c2)no1. The van der Waals surface area contributed by atoms with E-state index in [9.17, 15) is 13.2 Å². The van der Waals surface area contributed by atoms with Crippen LogP contribution in [-0.2, 0) is 22.3 Å². The van der Waals surface area contributed by atoms with E-state index < -0.39 is 16.0 Å². The van der Waals surface area contributed by atoms with Gasteiger partial charge in [-0.3, -0.25) is 0 Å². The maximum absolute atomic E-state index is 11.8. The van der Waals surface area contributed by atoms with Crippen molar-refractivity contribution >= 4 is 16.0 Å². The molecule has 0 bridgehead atoms. The lowest BCUT2D eigenvalue weighted by Gasteiger charge is -2.05. The smallest absolute Gasteiger partial charge is 0.356 e. The molecule has 0 aliphatic heterocycles. The minimum Gasteiger partial charge on any atom is -0.476 e. The number of carboxylic acids is 1. The molecule has 0 aliphatic rings. The van der Waals surface area contributed by atoms with Gasteiger partial charge in [-0.2, -0.15) is 0 Å². The third kappa shape index (κ3) is 4.39. The summed E-state index contributed by atoms with van der Waals surface area (Å²) in [5.74, 6) is -0.857. The molecule has 0 unspecified atom stereocenters. The van der Waals surface area contributed by atoms with Crippen LogP contribution in [0.1, 0.15) is 21.9 Å². The largest absolute Gasteiger partial charge is 0.476 e. The number of nitrogens with zero attached hydrogens (tertiary/aromatic N) is 3. The van der Waals surface area contributed by atoms with E-state index in [1.807, 2.05) is 0 Å². The van der Waals surface area contributed by atoms with Gasteiger partial charge in [0.2, 0.25) is 10.0 Å². The summed E-state index contributed by atoms with van der Waals surface area (Å²) >= 11 is 0. The molecule has 0 aliphatic carbocycles. The molecule has 2 aromatic rings. The number of rotatable bonds is 7. The van der Waals surface area contributed by atoms with Crippen LogP contribution in [0.3, 0.4) is 0 Å². The molecule has 0 saturated carbocycles. The minimum absolute atomic E-state index is 0.0871. The van der Waals surface area contributed by atoms with E-state index in [0.717, 1.165) is 0 Å². The highest BCUT2D eigenvalue weighted by Gasteiger charge is 2.14. The number of aromatic carboxylic acids is 1. The summed E-state index contributed by atoms with van der Waals surface area (Å²) in [6, 6.07) is 1.55. The molecule has 21 heavy (non-hydrogen) atoms. The number of nitrogens with one attached hydrogen (secondary N) is 1. The van der Waals surface area contributed by atoms with E-state index in [1.165, 1.54) is 17.1 Å². The zero-order valence-corrected chi connectivity index (χ0v) is 12.0. The van der Waals surface area contributed by atoms with Gasteiger partial charge >= 0.3 is 5.97 Å². The van der Waals surface area contributed by atoms with Gasteiger partial charge in [0.1, 0.15) is 17.2 Å². The number of imidazole rings is 1. The van der Waals surface area contributed by atoms with Gasteiger partial charge in [0.25, 0.3) is 0 Å². The summed E-state index contributed by atoms with van der Waals surface area (Å²) in [5, 5.41) is 12.3. The Bertz CT molecular complexity index is 733. The molecule has 0 amide bonds. The lowest BCUT2D eigenvalue weighted by molar-refractivity contribution is 0.0691. The molecule has 2 heterocycles. The lowest BCUT2D eigenvalue weighted by atomic mass is 10.4. The minimum atomic E-state index is -3.52. The van der Waals surface area contributed by atoms with E-state index in [-0.39, 0.29) is 24.5 Å². The van der Waals surface area contributed by atoms with Crippen LogP contribution >= 0.6 is 0 Å². The Morgan fingerprint density at radius 1 is 1.52 bits per heavy atom. The molecule has 2 N–H and O–H groups in total. The molecule has 0 aromatic carbocycles. The van der Waals surface area contributed by atoms with Crippen LogP contribution < -0.4 is 4.72 Å². The molecule has 0 atom stereocenters. The van der Waals surface area contributed by atoms with Gasteiger partial charge in [-0.15, -0.1) is 0 Å². The van der Waals surface area contributed by atoms with Crippen LogP contribution in [-0.4, -0.2) is 40.7 Å². The highest BCUT2D eigenvalue weighted by atomic mass is 32.2. The van der Waals surface area contributed by atoms with E-state index >= 15 is 0 Å². The molecule has 2 aromatic heterocycles. The Morgan fingerprint density at radius 2 is 2.29 bits per heavy atom. The highest BCUT2D eigenvalue weighted by Crippen LogP contribution is 2.05. The van der Waals surface area contributed by atoms with Gasteiger partial charge in [0.15, 0.2) is 5.69 Å². The summed E-state index contributed by atoms with van der Waals surface area (Å²) in [6.45, 7) is 2.07. The van der Waals surface area contributed by atoms with Gasteiger partial charge in [-0.25, -0.2) is 22.9 Å². The van der Waals surface area contributed by atoms with E-state index in [4.69, 9.17) is 9.63 Å². The van der Waals surface area contributed by atoms with E-state index in [1.54, 1.807) is 13.0 Å². The normalized spacial score (nSPS) is 11.7. The van der Waals surface area contributed by atoms with Crippen molar-refractivity contribution in [3.8, 4) is 0 Å². The second-order valence-corrected chi connectivity index (χ2v) is 6.19. The molecule has 0 saturated heterocycles. The van der Waals surface area contributed by atoms with E-state index in [0.29, 0.717) is 11.5 Å². The first kappa shape index (κ1) is 15.2. The van der Waals surface area contributed by atoms with Gasteiger partial charge < -0.3 is 14.2 Å². The zero-order valence-electron chi connectivity index (χ0n) is 11.2. The summed E-state index contributed by atoms with van der Waals surface area (Å²) in [4.78, 5) is 14.3. The maximum atomic E-state index is 11.8. The molecule has 9 nitrogen and oxygen atoms in total. The van der Waals surface area contributed by atoms with Crippen molar-refractivity contribution in [2.45, 2.75) is 19.2 Å². The van der Waals surface area contributed by atoms with E-state index in [2.05, 4.69) is 14.9 Å². The quantitative estimate of drug-likeness (QED) is 0.736. The van der Waals surface area contributed by atoms with Crippen molar-refractivity contribution in [3.05, 3.63) is 35.7 Å². The Morgan fingerprint density at radius 3 is 2.86 bits per heavy atom. The van der Waals surface area contributed by atoms with Gasteiger partial charge in [0.05, 0.1) is 6.33 Å². The average molecular weight is 314 g/mol. The Kier molecular flexibility index (Phi) is 4.38. The number of carboxylic acid groups (broad SMARTS) is 1. The van der Waals surface area contributed by atoms with Crippen LogP contribution in [0.15, 0.2) is 23.1 Å². The fraction of sp³-hybridized carbons (Fsp3) is 0.364. The standard InChI is InChI=1S/C11H14N4O5S/c1-8-4-9(14-20-8)6-21(18,19)13-2-3-15-5-10(11(16)17)12-7-15/h4-5,7,13H,2-3,6H2,1H3,(H,16,17). The molecule has 2 rings (SSSR count). The van der Waals surface area contributed by atoms with Crippen molar-refractivity contribution in [3.63, 3.8) is 0 Å². The van der Waals surface area contributed by atoms with Gasteiger partial charge in [-0.05, 0) is 6.92 Å². The third-order valence-corrected chi connectivity index (χ3v) is 3.88. The van der Waals surface area contributed by atoms with Crippen LogP contribution in [0.4, 0.5) is 0 Å². The second kappa shape index (κ2) is 6.06. The van der Waals surface area contributed by atoms with Crippen LogP contribution in [0.25, 0.3) is 0 Å². The van der Waals surface area contributed by atoms with Crippen molar-refractivity contribution < 1.29 is 22.8 Å². The molecule has 0 spiro atoms. The van der Waals surface area contributed by atoms with Gasteiger partial charge in [-0.1, -0.05) is 5.16 Å². The molecule has 0 radical (unpaired) electrons. The summed E-state index contributed by atoms with van der Waals surface area (Å²) in [6.07, 6.45) is 2.66. The average Bonchev–Trinajstić information content (AvgIpc) is 2.98. The zero-order chi connectivity index (χ0) is 15.5. The summed E-state index contributed by atoms with van der Waals surface area (Å²) in [7, 11) is -3.52. The number of sulfonamides is 1. The molecular formula is C11H14N4O5S. The summed E-state index contributed by atoms with van der Waals surface area (Å²) in [5.41, 5.74) is 0.242. The van der Waals surface area contributed by atoms with Crippen molar-refractivity contribution in [1.29, 1.82) is 0 Å². The predicted octanol–water partition coefficient (Wildman–Crippen LogP) is -0.00268. The number of hydrogen-bond acceptors (Lipinski definition) is 6. The maximum Gasteiger partial charge on any atom is 0.356 e. The molecule has 0 fully saturated rings. The second-order valence-electron chi connectivity index (χ2n) is 4.38.